The van der Waals surface area contributed by atoms with Crippen molar-refractivity contribution in [2.75, 3.05) is 13.2 Å². The maximum Gasteiger partial charge on any atom is 0.0518 e. The average Bonchev–Trinajstić information content (AvgIpc) is 2.88. The molecular formula is C12H21N3O. The topological polar surface area (TPSA) is 50.1 Å². The van der Waals surface area contributed by atoms with Crippen molar-refractivity contribution in [3.63, 3.8) is 0 Å². The van der Waals surface area contributed by atoms with Gasteiger partial charge in [-0.05, 0) is 37.3 Å². The second-order valence-corrected chi connectivity index (χ2v) is 4.71. The van der Waals surface area contributed by atoms with Crippen LogP contribution in [0.2, 0.25) is 0 Å². The molecule has 90 valence electrons. The molecule has 2 unspecified atom stereocenters. The van der Waals surface area contributed by atoms with E-state index in [2.05, 4.69) is 10.4 Å². The van der Waals surface area contributed by atoms with Crippen molar-refractivity contribution in [3.8, 4) is 0 Å². The number of aryl methyl sites for hydroxylation is 1. The summed E-state index contributed by atoms with van der Waals surface area (Å²) in [5.41, 5.74) is 1.21. The van der Waals surface area contributed by atoms with Crippen LogP contribution in [-0.4, -0.2) is 28.0 Å². The van der Waals surface area contributed by atoms with Crippen molar-refractivity contribution in [1.82, 2.24) is 15.1 Å². The van der Waals surface area contributed by atoms with Gasteiger partial charge in [0.25, 0.3) is 0 Å². The number of aromatic nitrogens is 2. The molecule has 16 heavy (non-hydrogen) atoms. The lowest BCUT2D eigenvalue weighted by Gasteiger charge is -2.17. The summed E-state index contributed by atoms with van der Waals surface area (Å²) in [6.07, 6.45) is 5.53. The number of hydrogen-bond acceptors (Lipinski definition) is 3. The van der Waals surface area contributed by atoms with Crippen molar-refractivity contribution in [2.24, 2.45) is 18.9 Å². The van der Waals surface area contributed by atoms with E-state index >= 15 is 0 Å². The Kier molecular flexibility index (Phi) is 3.96. The Labute approximate surface area is 96.7 Å². The van der Waals surface area contributed by atoms with Gasteiger partial charge in [0, 0.05) is 26.4 Å². The highest BCUT2D eigenvalue weighted by molar-refractivity contribution is 4.99. The van der Waals surface area contributed by atoms with Crippen LogP contribution in [0.5, 0.6) is 0 Å². The smallest absolute Gasteiger partial charge is 0.0518 e. The van der Waals surface area contributed by atoms with Gasteiger partial charge in [0.15, 0.2) is 0 Å². The number of rotatable bonds is 5. The first-order chi connectivity index (χ1) is 7.81. The van der Waals surface area contributed by atoms with Crippen LogP contribution in [0, 0.1) is 11.8 Å². The molecule has 0 radical (unpaired) electrons. The van der Waals surface area contributed by atoms with Gasteiger partial charge in [0.05, 0.1) is 5.69 Å². The van der Waals surface area contributed by atoms with Crippen molar-refractivity contribution in [3.05, 3.63) is 18.0 Å². The monoisotopic (exact) mass is 223 g/mol. The minimum Gasteiger partial charge on any atom is -0.396 e. The molecule has 2 atom stereocenters. The van der Waals surface area contributed by atoms with Gasteiger partial charge in [0.2, 0.25) is 0 Å². The number of nitrogens with one attached hydrogen (secondary N) is 1. The van der Waals surface area contributed by atoms with Gasteiger partial charge in [-0.15, -0.1) is 0 Å². The first-order valence-electron chi connectivity index (χ1n) is 6.09. The maximum atomic E-state index is 9.22. The Morgan fingerprint density at radius 2 is 2.31 bits per heavy atom. The number of nitrogens with zero attached hydrogens (tertiary/aromatic N) is 2. The summed E-state index contributed by atoms with van der Waals surface area (Å²) in [6, 6.07) is 2.03. The molecule has 4 heteroatoms. The molecule has 2 rings (SSSR count). The second-order valence-electron chi connectivity index (χ2n) is 4.71. The van der Waals surface area contributed by atoms with Crippen molar-refractivity contribution in [1.29, 1.82) is 0 Å². The van der Waals surface area contributed by atoms with E-state index in [4.69, 9.17) is 0 Å². The van der Waals surface area contributed by atoms with E-state index in [1.54, 1.807) is 0 Å². The summed E-state index contributed by atoms with van der Waals surface area (Å²) in [5, 5.41) is 16.8. The summed E-state index contributed by atoms with van der Waals surface area (Å²) in [7, 11) is 1.96. The van der Waals surface area contributed by atoms with E-state index in [9.17, 15) is 5.11 Å². The predicted molar refractivity (Wildman–Crippen MR) is 62.8 cm³/mol. The van der Waals surface area contributed by atoms with Gasteiger partial charge in [-0.2, -0.15) is 5.10 Å². The Morgan fingerprint density at radius 1 is 1.50 bits per heavy atom. The third-order valence-corrected chi connectivity index (χ3v) is 3.69. The fourth-order valence-corrected chi connectivity index (χ4v) is 2.58. The second kappa shape index (κ2) is 5.46. The molecule has 1 heterocycles. The molecule has 0 bridgehead atoms. The summed E-state index contributed by atoms with van der Waals surface area (Å²) in [6.45, 7) is 2.22. The lowest BCUT2D eigenvalue weighted by Crippen LogP contribution is -2.27. The first kappa shape index (κ1) is 11.6. The van der Waals surface area contributed by atoms with Gasteiger partial charge in [-0.1, -0.05) is 6.42 Å². The normalized spacial score (nSPS) is 25.1. The van der Waals surface area contributed by atoms with Crippen LogP contribution in [0.15, 0.2) is 12.3 Å². The van der Waals surface area contributed by atoms with Gasteiger partial charge in [0.1, 0.15) is 0 Å². The molecule has 1 saturated carbocycles. The van der Waals surface area contributed by atoms with E-state index in [1.165, 1.54) is 25.0 Å². The van der Waals surface area contributed by atoms with Gasteiger partial charge < -0.3 is 10.4 Å². The summed E-state index contributed by atoms with van der Waals surface area (Å²) < 4.78 is 1.89. The molecule has 1 fully saturated rings. The predicted octanol–water partition coefficient (Wildman–Crippen LogP) is 0.918. The SMILES string of the molecule is Cn1nccc1CNCC1CCCC1CO. The third-order valence-electron chi connectivity index (χ3n) is 3.69. The van der Waals surface area contributed by atoms with Crippen LogP contribution in [-0.2, 0) is 13.6 Å². The molecule has 0 aromatic carbocycles. The Bertz CT molecular complexity index is 324. The molecule has 2 N–H and O–H groups in total. The number of aliphatic hydroxyl groups is 1. The Hall–Kier alpha value is -0.870. The third kappa shape index (κ3) is 2.62. The lowest BCUT2D eigenvalue weighted by molar-refractivity contribution is 0.192. The number of aliphatic hydroxyl groups excluding tert-OH is 1. The molecule has 0 aliphatic heterocycles. The lowest BCUT2D eigenvalue weighted by atomic mass is 9.97. The highest BCUT2D eigenvalue weighted by atomic mass is 16.3. The van der Waals surface area contributed by atoms with Crippen LogP contribution >= 0.6 is 0 Å². The Morgan fingerprint density at radius 3 is 3.00 bits per heavy atom. The maximum absolute atomic E-state index is 9.22. The van der Waals surface area contributed by atoms with E-state index in [0.717, 1.165) is 13.1 Å². The highest BCUT2D eigenvalue weighted by Crippen LogP contribution is 2.30. The zero-order valence-electron chi connectivity index (χ0n) is 9.89. The van der Waals surface area contributed by atoms with Gasteiger partial charge >= 0.3 is 0 Å². The molecule has 0 spiro atoms. The van der Waals surface area contributed by atoms with Crippen LogP contribution < -0.4 is 5.32 Å². The molecule has 0 saturated heterocycles. The molecule has 4 nitrogen and oxygen atoms in total. The standard InChI is InChI=1S/C12H21N3O/c1-15-12(5-6-14-15)8-13-7-10-3-2-4-11(10)9-16/h5-6,10-11,13,16H,2-4,7-9H2,1H3. The van der Waals surface area contributed by atoms with E-state index in [-0.39, 0.29) is 0 Å². The van der Waals surface area contributed by atoms with Crippen LogP contribution in [0.25, 0.3) is 0 Å². The summed E-state index contributed by atoms with van der Waals surface area (Å²) in [5.74, 6) is 1.16. The summed E-state index contributed by atoms with van der Waals surface area (Å²) >= 11 is 0. The van der Waals surface area contributed by atoms with E-state index in [0.29, 0.717) is 18.4 Å². The van der Waals surface area contributed by atoms with Crippen LogP contribution in [0.1, 0.15) is 25.0 Å². The molecule has 1 aromatic heterocycles. The minimum absolute atomic E-state index is 0.345. The number of hydrogen-bond donors (Lipinski definition) is 2. The highest BCUT2D eigenvalue weighted by Gasteiger charge is 2.25. The van der Waals surface area contributed by atoms with Gasteiger partial charge in [-0.3, -0.25) is 4.68 Å². The Balaban J connectivity index is 1.74. The van der Waals surface area contributed by atoms with Crippen molar-refractivity contribution >= 4 is 0 Å². The molecule has 1 aliphatic rings. The molecule has 1 aromatic rings. The molecule has 0 amide bonds. The minimum atomic E-state index is 0.345. The van der Waals surface area contributed by atoms with E-state index in [1.807, 2.05) is 24.0 Å². The largest absolute Gasteiger partial charge is 0.396 e. The molecular weight excluding hydrogens is 202 g/mol. The van der Waals surface area contributed by atoms with Crippen LogP contribution in [0.3, 0.4) is 0 Å². The van der Waals surface area contributed by atoms with Crippen LogP contribution in [0.4, 0.5) is 0 Å². The first-order valence-corrected chi connectivity index (χ1v) is 6.09. The zero-order valence-corrected chi connectivity index (χ0v) is 9.89. The molecule has 1 aliphatic carbocycles. The van der Waals surface area contributed by atoms with E-state index < -0.39 is 0 Å². The fourth-order valence-electron chi connectivity index (χ4n) is 2.58. The fraction of sp³-hybridized carbons (Fsp3) is 0.750. The summed E-state index contributed by atoms with van der Waals surface area (Å²) in [4.78, 5) is 0. The van der Waals surface area contributed by atoms with Crippen molar-refractivity contribution < 1.29 is 5.11 Å². The zero-order chi connectivity index (χ0) is 11.4. The average molecular weight is 223 g/mol. The quantitative estimate of drug-likeness (QED) is 0.780. The van der Waals surface area contributed by atoms with Crippen molar-refractivity contribution in [2.45, 2.75) is 25.8 Å². The van der Waals surface area contributed by atoms with Gasteiger partial charge in [-0.25, -0.2) is 0 Å².